The summed E-state index contributed by atoms with van der Waals surface area (Å²) >= 11 is 0. The fourth-order valence-electron chi connectivity index (χ4n) is 1.73. The van der Waals surface area contributed by atoms with Gasteiger partial charge in [0.05, 0.1) is 19.8 Å². The van der Waals surface area contributed by atoms with Gasteiger partial charge in [0.2, 0.25) is 0 Å². The van der Waals surface area contributed by atoms with E-state index in [1.807, 2.05) is 19.9 Å². The Hall–Kier alpha value is -1.26. The molecular weight excluding hydrogens is 230 g/mol. The molecule has 1 rings (SSSR count). The predicted octanol–water partition coefficient (Wildman–Crippen LogP) is 1.90. The highest BCUT2D eigenvalue weighted by atomic mass is 16.5. The lowest BCUT2D eigenvalue weighted by atomic mass is 9.72. The van der Waals surface area contributed by atoms with Gasteiger partial charge >= 0.3 is 0 Å². The summed E-state index contributed by atoms with van der Waals surface area (Å²) < 4.78 is 10.4. The summed E-state index contributed by atoms with van der Waals surface area (Å²) in [5, 5.41) is 10.7. The van der Waals surface area contributed by atoms with Crippen LogP contribution in [0.2, 0.25) is 0 Å². The van der Waals surface area contributed by atoms with E-state index < -0.39 is 11.0 Å². The Balaban J connectivity index is 3.25. The van der Waals surface area contributed by atoms with Crippen LogP contribution in [0.15, 0.2) is 18.2 Å². The van der Waals surface area contributed by atoms with E-state index in [0.29, 0.717) is 18.0 Å². The van der Waals surface area contributed by atoms with Gasteiger partial charge in [-0.05, 0) is 24.6 Å². The largest absolute Gasteiger partial charge is 0.493 e. The second-order valence-electron chi connectivity index (χ2n) is 5.23. The van der Waals surface area contributed by atoms with E-state index >= 15 is 0 Å². The summed E-state index contributed by atoms with van der Waals surface area (Å²) in [4.78, 5) is 0. The Morgan fingerprint density at radius 2 is 1.67 bits per heavy atom. The summed E-state index contributed by atoms with van der Waals surface area (Å²) in [5.74, 6) is 1.24. The van der Waals surface area contributed by atoms with Crippen LogP contribution in [-0.2, 0) is 5.60 Å². The van der Waals surface area contributed by atoms with E-state index in [-0.39, 0.29) is 0 Å². The van der Waals surface area contributed by atoms with Crippen molar-refractivity contribution >= 4 is 0 Å². The van der Waals surface area contributed by atoms with Crippen molar-refractivity contribution in [2.45, 2.75) is 26.4 Å². The Kier molecular flexibility index (Phi) is 4.24. The Labute approximate surface area is 109 Å². The molecule has 18 heavy (non-hydrogen) atoms. The summed E-state index contributed by atoms with van der Waals surface area (Å²) in [7, 11) is 3.16. The molecule has 0 fully saturated rings. The molecule has 0 aliphatic carbocycles. The molecule has 0 saturated heterocycles. The number of benzene rings is 1. The molecule has 1 aromatic carbocycles. The molecule has 0 saturated carbocycles. The van der Waals surface area contributed by atoms with Gasteiger partial charge in [-0.25, -0.2) is 0 Å². The summed E-state index contributed by atoms with van der Waals surface area (Å²) in [6.07, 6.45) is 0. The lowest BCUT2D eigenvalue weighted by molar-refractivity contribution is -0.0522. The van der Waals surface area contributed by atoms with Gasteiger partial charge in [0.1, 0.15) is 0 Å². The number of rotatable bonds is 5. The highest BCUT2D eigenvalue weighted by molar-refractivity contribution is 5.44. The van der Waals surface area contributed by atoms with Crippen molar-refractivity contribution < 1.29 is 14.6 Å². The number of methoxy groups -OCH3 is 2. The molecule has 0 radical (unpaired) electrons. The Morgan fingerprint density at radius 3 is 2.11 bits per heavy atom. The van der Waals surface area contributed by atoms with Crippen molar-refractivity contribution in [2.24, 2.45) is 11.1 Å². The quantitative estimate of drug-likeness (QED) is 0.841. The minimum Gasteiger partial charge on any atom is -0.493 e. The standard InChI is InChI=1S/C14H23NO3/c1-13(2,9-15)14(3,16)10-6-7-11(17-4)12(8-10)18-5/h6-8,16H,9,15H2,1-5H3. The van der Waals surface area contributed by atoms with Crippen molar-refractivity contribution in [1.82, 2.24) is 0 Å². The third kappa shape index (κ3) is 2.44. The first kappa shape index (κ1) is 14.8. The topological polar surface area (TPSA) is 64.7 Å². The summed E-state index contributed by atoms with van der Waals surface area (Å²) in [6.45, 7) is 6.02. The van der Waals surface area contributed by atoms with Gasteiger partial charge in [0.25, 0.3) is 0 Å². The molecule has 1 unspecified atom stereocenters. The van der Waals surface area contributed by atoms with Crippen LogP contribution in [0.25, 0.3) is 0 Å². The number of ether oxygens (including phenoxy) is 2. The van der Waals surface area contributed by atoms with Crippen LogP contribution in [0.4, 0.5) is 0 Å². The van der Waals surface area contributed by atoms with Crippen LogP contribution >= 0.6 is 0 Å². The van der Waals surface area contributed by atoms with Gasteiger partial charge in [0, 0.05) is 12.0 Å². The first-order valence-corrected chi connectivity index (χ1v) is 5.95. The molecule has 102 valence electrons. The molecule has 3 N–H and O–H groups in total. The van der Waals surface area contributed by atoms with Crippen LogP contribution in [0, 0.1) is 5.41 Å². The molecule has 0 aromatic heterocycles. The van der Waals surface area contributed by atoms with Gasteiger partial charge in [0.15, 0.2) is 11.5 Å². The smallest absolute Gasteiger partial charge is 0.161 e. The molecular formula is C14H23NO3. The zero-order valence-electron chi connectivity index (χ0n) is 11.8. The van der Waals surface area contributed by atoms with E-state index in [1.165, 1.54) is 0 Å². The average Bonchev–Trinajstić information content (AvgIpc) is 2.37. The fraction of sp³-hybridized carbons (Fsp3) is 0.571. The monoisotopic (exact) mass is 253 g/mol. The Bertz CT molecular complexity index is 414. The predicted molar refractivity (Wildman–Crippen MR) is 72.0 cm³/mol. The van der Waals surface area contributed by atoms with E-state index in [4.69, 9.17) is 15.2 Å². The average molecular weight is 253 g/mol. The summed E-state index contributed by atoms with van der Waals surface area (Å²) in [5.41, 5.74) is 5.02. The normalized spacial score (nSPS) is 15.1. The number of hydrogen-bond acceptors (Lipinski definition) is 4. The summed E-state index contributed by atoms with van der Waals surface area (Å²) in [6, 6.07) is 5.41. The number of nitrogens with two attached hydrogens (primary N) is 1. The molecule has 0 aliphatic heterocycles. The van der Waals surface area contributed by atoms with Crippen LogP contribution in [0.1, 0.15) is 26.3 Å². The van der Waals surface area contributed by atoms with Gasteiger partial charge in [-0.2, -0.15) is 0 Å². The van der Waals surface area contributed by atoms with Gasteiger partial charge in [-0.1, -0.05) is 19.9 Å². The van der Waals surface area contributed by atoms with E-state index in [1.54, 1.807) is 33.3 Å². The molecule has 0 spiro atoms. The molecule has 4 nitrogen and oxygen atoms in total. The van der Waals surface area contributed by atoms with E-state index in [2.05, 4.69) is 0 Å². The van der Waals surface area contributed by atoms with Crippen molar-refractivity contribution in [3.8, 4) is 11.5 Å². The molecule has 0 bridgehead atoms. The maximum absolute atomic E-state index is 10.7. The van der Waals surface area contributed by atoms with Crippen LogP contribution in [0.3, 0.4) is 0 Å². The zero-order chi connectivity index (χ0) is 14.0. The molecule has 4 heteroatoms. The number of aliphatic hydroxyl groups is 1. The molecule has 0 heterocycles. The molecule has 1 aromatic rings. The fourth-order valence-corrected chi connectivity index (χ4v) is 1.73. The van der Waals surface area contributed by atoms with Crippen LogP contribution < -0.4 is 15.2 Å². The van der Waals surface area contributed by atoms with Crippen molar-refractivity contribution in [2.75, 3.05) is 20.8 Å². The van der Waals surface area contributed by atoms with Gasteiger partial charge in [-0.15, -0.1) is 0 Å². The third-order valence-electron chi connectivity index (χ3n) is 3.77. The number of hydrogen-bond donors (Lipinski definition) is 2. The SMILES string of the molecule is COc1ccc(C(C)(O)C(C)(C)CN)cc1OC. The maximum atomic E-state index is 10.7. The lowest BCUT2D eigenvalue weighted by Gasteiger charge is -2.39. The van der Waals surface area contributed by atoms with Crippen molar-refractivity contribution in [3.63, 3.8) is 0 Å². The molecule has 0 amide bonds. The first-order valence-electron chi connectivity index (χ1n) is 5.95. The van der Waals surface area contributed by atoms with Crippen LogP contribution in [0.5, 0.6) is 11.5 Å². The third-order valence-corrected chi connectivity index (χ3v) is 3.77. The van der Waals surface area contributed by atoms with E-state index in [0.717, 1.165) is 5.56 Å². The van der Waals surface area contributed by atoms with Gasteiger partial charge < -0.3 is 20.3 Å². The second-order valence-corrected chi connectivity index (χ2v) is 5.23. The van der Waals surface area contributed by atoms with Crippen molar-refractivity contribution in [3.05, 3.63) is 23.8 Å². The van der Waals surface area contributed by atoms with Crippen molar-refractivity contribution in [1.29, 1.82) is 0 Å². The highest BCUT2D eigenvalue weighted by Gasteiger charge is 2.40. The second kappa shape index (κ2) is 5.16. The lowest BCUT2D eigenvalue weighted by Crippen LogP contribution is -2.44. The van der Waals surface area contributed by atoms with E-state index in [9.17, 15) is 5.11 Å². The van der Waals surface area contributed by atoms with Gasteiger partial charge in [-0.3, -0.25) is 0 Å². The minimum absolute atomic E-state index is 0.383. The highest BCUT2D eigenvalue weighted by Crippen LogP contribution is 2.41. The Morgan fingerprint density at radius 1 is 1.11 bits per heavy atom. The van der Waals surface area contributed by atoms with Crippen LogP contribution in [-0.4, -0.2) is 25.9 Å². The zero-order valence-corrected chi connectivity index (χ0v) is 11.8. The minimum atomic E-state index is -1.04. The first-order chi connectivity index (χ1) is 8.30. The molecule has 0 aliphatic rings. The maximum Gasteiger partial charge on any atom is 0.161 e. The molecule has 1 atom stereocenters.